The molecular formula is C29H33ClN2O5. The van der Waals surface area contributed by atoms with Crippen molar-refractivity contribution in [3.8, 4) is 0 Å². The first-order valence-corrected chi connectivity index (χ1v) is 13.2. The van der Waals surface area contributed by atoms with Crippen molar-refractivity contribution in [1.82, 2.24) is 4.90 Å². The minimum Gasteiger partial charge on any atom is -0.466 e. The van der Waals surface area contributed by atoms with Gasteiger partial charge in [-0.05, 0) is 55.5 Å². The number of aliphatic hydroxyl groups excluding tert-OH is 1. The van der Waals surface area contributed by atoms with Gasteiger partial charge in [0.1, 0.15) is 6.04 Å². The number of halogens is 1. The number of rotatable bonds is 9. The summed E-state index contributed by atoms with van der Waals surface area (Å²) in [5.74, 6) is -3.27. The maximum absolute atomic E-state index is 14.1. The highest BCUT2D eigenvalue weighted by Crippen LogP contribution is 2.46. The Kier molecular flexibility index (Phi) is 8.67. The second-order valence-corrected chi connectivity index (χ2v) is 9.99. The fourth-order valence-electron chi connectivity index (χ4n) is 5.68. The van der Waals surface area contributed by atoms with Crippen LogP contribution in [0.4, 0.5) is 5.69 Å². The molecule has 0 bridgehead atoms. The maximum Gasteiger partial charge on any atom is 0.310 e. The fraction of sp³-hybridized carbons (Fsp3) is 0.414. The van der Waals surface area contributed by atoms with Crippen molar-refractivity contribution in [1.29, 1.82) is 0 Å². The van der Waals surface area contributed by atoms with Gasteiger partial charge >= 0.3 is 5.97 Å². The molecule has 196 valence electrons. The smallest absolute Gasteiger partial charge is 0.310 e. The van der Waals surface area contributed by atoms with Crippen LogP contribution in [0.5, 0.6) is 0 Å². The van der Waals surface area contributed by atoms with E-state index in [1.807, 2.05) is 49.4 Å². The molecule has 2 aliphatic rings. The van der Waals surface area contributed by atoms with Crippen molar-refractivity contribution < 1.29 is 24.2 Å². The van der Waals surface area contributed by atoms with Gasteiger partial charge in [0.2, 0.25) is 11.8 Å². The number of allylic oxidation sites excluding steroid dienone is 1. The summed E-state index contributed by atoms with van der Waals surface area (Å²) < 4.78 is 5.38. The number of carbonyl (C=O) groups is 3. The first kappa shape index (κ1) is 26.9. The highest BCUT2D eigenvalue weighted by molar-refractivity contribution is 6.30. The number of nitrogens with zero attached hydrogens (tertiary/aromatic N) is 1. The Morgan fingerprint density at radius 3 is 2.41 bits per heavy atom. The third-order valence-electron chi connectivity index (χ3n) is 7.38. The molecule has 0 saturated carbocycles. The summed E-state index contributed by atoms with van der Waals surface area (Å²) in [5.41, 5.74) is 1.48. The molecule has 1 aliphatic heterocycles. The van der Waals surface area contributed by atoms with E-state index < -0.39 is 35.8 Å². The summed E-state index contributed by atoms with van der Waals surface area (Å²) in [4.78, 5) is 42.5. The summed E-state index contributed by atoms with van der Waals surface area (Å²) >= 11 is 6.00. The van der Waals surface area contributed by atoms with Crippen molar-refractivity contribution in [3.63, 3.8) is 0 Å². The number of esters is 1. The van der Waals surface area contributed by atoms with Crippen LogP contribution < -0.4 is 5.32 Å². The van der Waals surface area contributed by atoms with Crippen molar-refractivity contribution in [2.75, 3.05) is 18.5 Å². The number of amides is 2. The summed E-state index contributed by atoms with van der Waals surface area (Å²) in [7, 11) is 0. The molecule has 8 heteroatoms. The van der Waals surface area contributed by atoms with Crippen molar-refractivity contribution in [2.45, 2.75) is 38.8 Å². The second kappa shape index (κ2) is 11.9. The SMILES string of the molecule is CCOC(=O)[C@H]1[C@H]2C(=O)N([C@@H](CO)Cc3ccccc3)[C@H](C(=O)Nc3ccc(Cl)cc3)[C@H]2C=C[C@H]1CC. The molecule has 0 aromatic heterocycles. The summed E-state index contributed by atoms with van der Waals surface area (Å²) in [6.07, 6.45) is 4.87. The van der Waals surface area contributed by atoms with Crippen LogP contribution in [-0.4, -0.2) is 53.1 Å². The average Bonchev–Trinajstić information content (AvgIpc) is 3.20. The third kappa shape index (κ3) is 5.58. The van der Waals surface area contributed by atoms with Crippen LogP contribution in [-0.2, 0) is 25.5 Å². The van der Waals surface area contributed by atoms with E-state index in [4.69, 9.17) is 16.3 Å². The molecular weight excluding hydrogens is 492 g/mol. The number of nitrogens with one attached hydrogen (secondary N) is 1. The van der Waals surface area contributed by atoms with Crippen molar-refractivity contribution >= 4 is 35.1 Å². The monoisotopic (exact) mass is 524 g/mol. The van der Waals surface area contributed by atoms with E-state index >= 15 is 0 Å². The molecule has 1 fully saturated rings. The molecule has 2 N–H and O–H groups in total. The van der Waals surface area contributed by atoms with Crippen LogP contribution in [0, 0.1) is 23.7 Å². The zero-order valence-corrected chi connectivity index (χ0v) is 21.8. The maximum atomic E-state index is 14.1. The number of anilines is 1. The van der Waals surface area contributed by atoms with Gasteiger partial charge in [0.15, 0.2) is 0 Å². The number of ether oxygens (including phenoxy) is 1. The number of aliphatic hydroxyl groups is 1. The summed E-state index contributed by atoms with van der Waals surface area (Å²) in [5, 5.41) is 13.9. The van der Waals surface area contributed by atoms with Gasteiger partial charge in [-0.2, -0.15) is 0 Å². The highest BCUT2D eigenvalue weighted by Gasteiger charge is 2.58. The molecule has 2 amide bonds. The zero-order chi connectivity index (χ0) is 26.5. The van der Waals surface area contributed by atoms with Crippen LogP contribution in [0.2, 0.25) is 5.02 Å². The quantitative estimate of drug-likeness (QED) is 0.380. The van der Waals surface area contributed by atoms with E-state index in [1.165, 1.54) is 4.90 Å². The molecule has 7 nitrogen and oxygen atoms in total. The highest BCUT2D eigenvalue weighted by atomic mass is 35.5. The molecule has 0 radical (unpaired) electrons. The first-order chi connectivity index (χ1) is 17.9. The van der Waals surface area contributed by atoms with Crippen LogP contribution in [0.3, 0.4) is 0 Å². The lowest BCUT2D eigenvalue weighted by molar-refractivity contribution is -0.156. The predicted molar refractivity (Wildman–Crippen MR) is 142 cm³/mol. The van der Waals surface area contributed by atoms with Gasteiger partial charge < -0.3 is 20.1 Å². The van der Waals surface area contributed by atoms with E-state index in [0.717, 1.165) is 5.56 Å². The minimum atomic E-state index is -0.903. The first-order valence-electron chi connectivity index (χ1n) is 12.8. The lowest BCUT2D eigenvalue weighted by Gasteiger charge is -2.34. The number of hydrogen-bond donors (Lipinski definition) is 2. The number of benzene rings is 2. The van der Waals surface area contributed by atoms with Crippen LogP contribution >= 0.6 is 11.6 Å². The molecule has 1 aliphatic carbocycles. The number of hydrogen-bond acceptors (Lipinski definition) is 5. The normalized spacial score (nSPS) is 25.5. The molecule has 2 aromatic rings. The number of carbonyl (C=O) groups excluding carboxylic acids is 3. The Morgan fingerprint density at radius 2 is 1.78 bits per heavy atom. The van der Waals surface area contributed by atoms with Gasteiger partial charge in [0.05, 0.1) is 31.1 Å². The van der Waals surface area contributed by atoms with Gasteiger partial charge in [0.25, 0.3) is 0 Å². The van der Waals surface area contributed by atoms with Gasteiger partial charge in [0, 0.05) is 16.6 Å². The summed E-state index contributed by atoms with van der Waals surface area (Å²) in [6, 6.07) is 14.7. The van der Waals surface area contributed by atoms with Crippen LogP contribution in [0.1, 0.15) is 25.8 Å². The van der Waals surface area contributed by atoms with Crippen LogP contribution in [0.15, 0.2) is 66.7 Å². The second-order valence-electron chi connectivity index (χ2n) is 9.55. The lowest BCUT2D eigenvalue weighted by atomic mass is 9.69. The molecule has 6 atom stereocenters. The zero-order valence-electron chi connectivity index (χ0n) is 21.0. The van der Waals surface area contributed by atoms with Crippen LogP contribution in [0.25, 0.3) is 0 Å². The lowest BCUT2D eigenvalue weighted by Crippen LogP contribution is -2.51. The molecule has 4 rings (SSSR count). The van der Waals surface area contributed by atoms with Gasteiger partial charge in [-0.15, -0.1) is 0 Å². The molecule has 2 aromatic carbocycles. The van der Waals surface area contributed by atoms with E-state index in [1.54, 1.807) is 31.2 Å². The Morgan fingerprint density at radius 1 is 1.08 bits per heavy atom. The standard InChI is InChI=1S/C29H33ClN2O5/c1-3-19-10-15-23-25(24(19)29(36)37-4-2)28(35)32(22(17-33)16-18-8-6-5-7-9-18)26(23)27(34)31-21-13-11-20(30)12-14-21/h5-15,19,22-26,33H,3-4,16-17H2,1-2H3,(H,31,34)/t19-,22-,23+,24-,25+,26+/m1/s1. The minimum absolute atomic E-state index is 0.175. The number of fused-ring (bicyclic) bond motifs is 1. The molecule has 0 unspecified atom stereocenters. The Labute approximate surface area is 222 Å². The van der Waals surface area contributed by atoms with E-state index in [2.05, 4.69) is 5.32 Å². The Bertz CT molecular complexity index is 1140. The molecule has 1 saturated heterocycles. The predicted octanol–water partition coefficient (Wildman–Crippen LogP) is 4.10. The topological polar surface area (TPSA) is 95.9 Å². The van der Waals surface area contributed by atoms with E-state index in [9.17, 15) is 19.5 Å². The summed E-state index contributed by atoms with van der Waals surface area (Å²) in [6.45, 7) is 3.59. The Balaban J connectivity index is 1.74. The molecule has 0 spiro atoms. The van der Waals surface area contributed by atoms with Gasteiger partial charge in [-0.3, -0.25) is 14.4 Å². The van der Waals surface area contributed by atoms with E-state index in [0.29, 0.717) is 23.6 Å². The van der Waals surface area contributed by atoms with Crippen molar-refractivity contribution in [2.24, 2.45) is 23.7 Å². The van der Waals surface area contributed by atoms with Crippen molar-refractivity contribution in [3.05, 3.63) is 77.3 Å². The number of likely N-dealkylation sites (tertiary alicyclic amines) is 1. The molecule has 37 heavy (non-hydrogen) atoms. The molecule has 1 heterocycles. The van der Waals surface area contributed by atoms with Gasteiger partial charge in [-0.25, -0.2) is 0 Å². The third-order valence-corrected chi connectivity index (χ3v) is 7.63. The van der Waals surface area contributed by atoms with E-state index in [-0.39, 0.29) is 30.9 Å². The van der Waals surface area contributed by atoms with Gasteiger partial charge in [-0.1, -0.05) is 61.0 Å². The average molecular weight is 525 g/mol. The Hall–Kier alpha value is -3.16. The fourth-order valence-corrected chi connectivity index (χ4v) is 5.80. The largest absolute Gasteiger partial charge is 0.466 e.